The molecule has 0 bridgehead atoms. The van der Waals surface area contributed by atoms with E-state index in [2.05, 4.69) is 0 Å². The molecule has 0 aromatic heterocycles. The summed E-state index contributed by atoms with van der Waals surface area (Å²) in [4.78, 5) is 23.3. The van der Waals surface area contributed by atoms with Crippen molar-refractivity contribution in [2.45, 2.75) is 32.6 Å². The van der Waals surface area contributed by atoms with Gasteiger partial charge in [-0.15, -0.1) is 0 Å². The maximum Gasteiger partial charge on any atom is 0.306 e. The monoisotopic (exact) mass is 246 g/mol. The van der Waals surface area contributed by atoms with Gasteiger partial charge < -0.3 is 5.11 Å². The van der Waals surface area contributed by atoms with Crippen molar-refractivity contribution in [3.63, 3.8) is 0 Å². The second kappa shape index (κ2) is 5.34. The average Bonchev–Trinajstić information content (AvgIpc) is 2.39. The molecule has 0 heterocycles. The van der Waals surface area contributed by atoms with Gasteiger partial charge in [0.1, 0.15) is 0 Å². The molecular formula is C15H18O3. The molecule has 1 fully saturated rings. The molecule has 1 aliphatic rings. The van der Waals surface area contributed by atoms with E-state index >= 15 is 0 Å². The Morgan fingerprint density at radius 2 is 1.72 bits per heavy atom. The van der Waals surface area contributed by atoms with Gasteiger partial charge in [0.2, 0.25) is 0 Å². The lowest BCUT2D eigenvalue weighted by Gasteiger charge is -2.25. The Hall–Kier alpha value is -1.64. The zero-order chi connectivity index (χ0) is 13.1. The van der Waals surface area contributed by atoms with Crippen LogP contribution in [0, 0.1) is 18.8 Å². The molecule has 0 amide bonds. The number of hydrogen-bond donors (Lipinski definition) is 1. The van der Waals surface area contributed by atoms with E-state index in [4.69, 9.17) is 5.11 Å². The third-order valence-electron chi connectivity index (χ3n) is 3.73. The highest BCUT2D eigenvalue weighted by Gasteiger charge is 2.31. The van der Waals surface area contributed by atoms with Crippen LogP contribution in [0.2, 0.25) is 0 Å². The van der Waals surface area contributed by atoms with Gasteiger partial charge in [-0.3, -0.25) is 9.59 Å². The number of carboxylic acids is 1. The van der Waals surface area contributed by atoms with Crippen LogP contribution in [0.4, 0.5) is 0 Å². The van der Waals surface area contributed by atoms with Crippen LogP contribution in [0.5, 0.6) is 0 Å². The van der Waals surface area contributed by atoms with Crippen molar-refractivity contribution in [1.29, 1.82) is 0 Å². The molecule has 1 aliphatic carbocycles. The maximum atomic E-state index is 12.3. The van der Waals surface area contributed by atoms with Crippen LogP contribution in [0.25, 0.3) is 0 Å². The second-order valence-corrected chi connectivity index (χ2v) is 5.13. The average molecular weight is 246 g/mol. The van der Waals surface area contributed by atoms with Gasteiger partial charge in [-0.1, -0.05) is 36.2 Å². The minimum Gasteiger partial charge on any atom is -0.481 e. The van der Waals surface area contributed by atoms with E-state index in [0.717, 1.165) is 18.4 Å². The van der Waals surface area contributed by atoms with Gasteiger partial charge in [-0.05, 0) is 26.2 Å². The third-order valence-corrected chi connectivity index (χ3v) is 3.73. The number of benzene rings is 1. The van der Waals surface area contributed by atoms with E-state index in [1.807, 2.05) is 31.2 Å². The van der Waals surface area contributed by atoms with Crippen LogP contribution in [0.3, 0.4) is 0 Å². The molecule has 0 aliphatic heterocycles. The number of hydrogen-bond acceptors (Lipinski definition) is 2. The molecule has 0 spiro atoms. The summed E-state index contributed by atoms with van der Waals surface area (Å²) in [5.41, 5.74) is 1.83. The smallest absolute Gasteiger partial charge is 0.306 e. The van der Waals surface area contributed by atoms with Gasteiger partial charge in [0, 0.05) is 11.5 Å². The fourth-order valence-corrected chi connectivity index (χ4v) is 2.61. The van der Waals surface area contributed by atoms with Crippen molar-refractivity contribution in [2.75, 3.05) is 0 Å². The SMILES string of the molecule is Cc1ccc(C(=O)C2CCCC(C(=O)O)C2)cc1. The summed E-state index contributed by atoms with van der Waals surface area (Å²) in [6, 6.07) is 7.51. The topological polar surface area (TPSA) is 54.4 Å². The Morgan fingerprint density at radius 3 is 2.33 bits per heavy atom. The molecule has 1 aromatic rings. The summed E-state index contributed by atoms with van der Waals surface area (Å²) in [6.45, 7) is 1.98. The van der Waals surface area contributed by atoms with Gasteiger partial charge in [0.05, 0.1) is 5.92 Å². The van der Waals surface area contributed by atoms with E-state index in [0.29, 0.717) is 18.4 Å². The van der Waals surface area contributed by atoms with Crippen LogP contribution < -0.4 is 0 Å². The summed E-state index contributed by atoms with van der Waals surface area (Å²) >= 11 is 0. The first-order valence-electron chi connectivity index (χ1n) is 6.41. The van der Waals surface area contributed by atoms with Gasteiger partial charge in [-0.2, -0.15) is 0 Å². The zero-order valence-corrected chi connectivity index (χ0v) is 10.6. The summed E-state index contributed by atoms with van der Waals surface area (Å²) in [5.74, 6) is -1.14. The first-order chi connectivity index (χ1) is 8.58. The van der Waals surface area contributed by atoms with E-state index in [1.54, 1.807) is 0 Å². The largest absolute Gasteiger partial charge is 0.481 e. The number of carbonyl (C=O) groups is 2. The molecule has 3 heteroatoms. The highest BCUT2D eigenvalue weighted by atomic mass is 16.4. The number of ketones is 1. The third kappa shape index (κ3) is 2.78. The second-order valence-electron chi connectivity index (χ2n) is 5.13. The standard InChI is InChI=1S/C15H18O3/c1-10-5-7-11(8-6-10)14(16)12-3-2-4-13(9-12)15(17)18/h5-8,12-13H,2-4,9H2,1H3,(H,17,18). The van der Waals surface area contributed by atoms with E-state index in [1.165, 1.54) is 0 Å². The molecule has 1 N–H and O–H groups in total. The highest BCUT2D eigenvalue weighted by molar-refractivity contribution is 5.98. The Labute approximate surface area is 107 Å². The predicted octanol–water partition coefficient (Wildman–Crippen LogP) is 3.07. The number of rotatable bonds is 3. The molecular weight excluding hydrogens is 228 g/mol. The summed E-state index contributed by atoms with van der Waals surface area (Å²) in [7, 11) is 0. The van der Waals surface area contributed by atoms with E-state index in [-0.39, 0.29) is 17.6 Å². The Kier molecular flexibility index (Phi) is 3.80. The van der Waals surface area contributed by atoms with Crippen molar-refractivity contribution in [3.8, 4) is 0 Å². The van der Waals surface area contributed by atoms with Crippen LogP contribution >= 0.6 is 0 Å². The van der Waals surface area contributed by atoms with Crippen molar-refractivity contribution in [2.24, 2.45) is 11.8 Å². The lowest BCUT2D eigenvalue weighted by molar-refractivity contribution is -0.143. The van der Waals surface area contributed by atoms with E-state index < -0.39 is 5.97 Å². The molecule has 1 saturated carbocycles. The Bertz CT molecular complexity index is 447. The number of Topliss-reactive ketones (excluding diaryl/α,β-unsaturated/α-hetero) is 1. The molecule has 0 saturated heterocycles. The van der Waals surface area contributed by atoms with E-state index in [9.17, 15) is 9.59 Å². The van der Waals surface area contributed by atoms with Gasteiger partial charge in [0.15, 0.2) is 5.78 Å². The fourth-order valence-electron chi connectivity index (χ4n) is 2.61. The van der Waals surface area contributed by atoms with Crippen LogP contribution in [-0.4, -0.2) is 16.9 Å². The number of carboxylic acid groups (broad SMARTS) is 1. The normalized spacial score (nSPS) is 23.6. The zero-order valence-electron chi connectivity index (χ0n) is 10.6. The molecule has 0 radical (unpaired) electrons. The van der Waals surface area contributed by atoms with Crippen LogP contribution in [0.15, 0.2) is 24.3 Å². The maximum absolute atomic E-state index is 12.3. The van der Waals surface area contributed by atoms with Crippen molar-refractivity contribution in [1.82, 2.24) is 0 Å². The lowest BCUT2D eigenvalue weighted by Crippen LogP contribution is -2.27. The molecule has 18 heavy (non-hydrogen) atoms. The molecule has 2 unspecified atom stereocenters. The number of carbonyl (C=O) groups excluding carboxylic acids is 1. The quantitative estimate of drug-likeness (QED) is 0.834. The lowest BCUT2D eigenvalue weighted by atomic mass is 9.78. The van der Waals surface area contributed by atoms with Gasteiger partial charge in [-0.25, -0.2) is 0 Å². The minimum absolute atomic E-state index is 0.0981. The Morgan fingerprint density at radius 1 is 1.11 bits per heavy atom. The summed E-state index contributed by atoms with van der Waals surface area (Å²) < 4.78 is 0. The molecule has 96 valence electrons. The van der Waals surface area contributed by atoms with Gasteiger partial charge in [0.25, 0.3) is 0 Å². The highest BCUT2D eigenvalue weighted by Crippen LogP contribution is 2.31. The molecule has 2 atom stereocenters. The molecule has 3 nitrogen and oxygen atoms in total. The van der Waals surface area contributed by atoms with Crippen LogP contribution in [0.1, 0.15) is 41.6 Å². The van der Waals surface area contributed by atoms with Crippen molar-refractivity contribution in [3.05, 3.63) is 35.4 Å². The van der Waals surface area contributed by atoms with Crippen molar-refractivity contribution < 1.29 is 14.7 Å². The van der Waals surface area contributed by atoms with Crippen molar-refractivity contribution >= 4 is 11.8 Å². The molecule has 1 aromatic carbocycles. The Balaban J connectivity index is 2.09. The predicted molar refractivity (Wildman–Crippen MR) is 68.6 cm³/mol. The molecule has 2 rings (SSSR count). The van der Waals surface area contributed by atoms with Gasteiger partial charge >= 0.3 is 5.97 Å². The minimum atomic E-state index is -0.767. The first kappa shape index (κ1) is 12.8. The fraction of sp³-hybridized carbons (Fsp3) is 0.467. The van der Waals surface area contributed by atoms with Crippen LogP contribution in [-0.2, 0) is 4.79 Å². The summed E-state index contributed by atoms with van der Waals surface area (Å²) in [6.07, 6.45) is 2.84. The number of aryl methyl sites for hydroxylation is 1. The number of aliphatic carboxylic acids is 1. The first-order valence-corrected chi connectivity index (χ1v) is 6.41. The summed E-state index contributed by atoms with van der Waals surface area (Å²) in [5, 5.41) is 9.03.